The van der Waals surface area contributed by atoms with E-state index in [9.17, 15) is 10.1 Å². The van der Waals surface area contributed by atoms with Crippen LogP contribution >= 0.6 is 15.9 Å². The molecule has 0 bridgehead atoms. The van der Waals surface area contributed by atoms with Gasteiger partial charge in [0, 0.05) is 12.6 Å². The number of rotatable bonds is 8. The smallest absolute Gasteiger partial charge is 0.283 e. The fraction of sp³-hybridized carbons (Fsp3) is 0.571. The van der Waals surface area contributed by atoms with E-state index in [1.807, 2.05) is 6.07 Å². The van der Waals surface area contributed by atoms with Crippen LogP contribution in [0.4, 0.5) is 5.69 Å². The Balaban J connectivity index is 2.37. The van der Waals surface area contributed by atoms with Gasteiger partial charge in [0.15, 0.2) is 0 Å². The lowest BCUT2D eigenvalue weighted by Gasteiger charge is -2.08. The molecule has 0 heterocycles. The zero-order valence-electron chi connectivity index (χ0n) is 11.5. The van der Waals surface area contributed by atoms with Gasteiger partial charge in [-0.05, 0) is 40.4 Å². The van der Waals surface area contributed by atoms with E-state index in [0.29, 0.717) is 11.0 Å². The number of nitrogens with one attached hydrogen (secondary N) is 1. The van der Waals surface area contributed by atoms with Gasteiger partial charge in [0.25, 0.3) is 5.69 Å². The second-order valence-electron chi connectivity index (χ2n) is 5.07. The number of halogens is 1. The Hall–Kier alpha value is -0.940. The molecule has 0 amide bonds. The molecular formula is C14H21BrN2O2. The zero-order chi connectivity index (χ0) is 14.3. The van der Waals surface area contributed by atoms with Gasteiger partial charge < -0.3 is 5.32 Å². The highest BCUT2D eigenvalue weighted by Crippen LogP contribution is 2.28. The molecule has 19 heavy (non-hydrogen) atoms. The van der Waals surface area contributed by atoms with Crippen molar-refractivity contribution in [1.82, 2.24) is 5.32 Å². The lowest BCUT2D eigenvalue weighted by Crippen LogP contribution is -2.15. The Morgan fingerprint density at radius 2 is 2.11 bits per heavy atom. The van der Waals surface area contributed by atoms with Gasteiger partial charge in [-0.15, -0.1) is 0 Å². The van der Waals surface area contributed by atoms with Crippen molar-refractivity contribution in [3.8, 4) is 0 Å². The number of benzene rings is 1. The van der Waals surface area contributed by atoms with Crippen LogP contribution in [-0.2, 0) is 6.54 Å². The number of unbranched alkanes of at least 4 members (excludes halogenated alkanes) is 1. The summed E-state index contributed by atoms with van der Waals surface area (Å²) in [6, 6.07) is 5.13. The first-order valence-corrected chi connectivity index (χ1v) is 7.44. The van der Waals surface area contributed by atoms with E-state index >= 15 is 0 Å². The maximum Gasteiger partial charge on any atom is 0.283 e. The van der Waals surface area contributed by atoms with Crippen LogP contribution in [0.2, 0.25) is 0 Å². The number of nitrogens with zero attached hydrogens (tertiary/aromatic N) is 1. The summed E-state index contributed by atoms with van der Waals surface area (Å²) in [6.07, 6.45) is 3.62. The van der Waals surface area contributed by atoms with Crippen LogP contribution in [0.5, 0.6) is 0 Å². The molecule has 4 nitrogen and oxygen atoms in total. The average Bonchev–Trinajstić information content (AvgIpc) is 2.34. The zero-order valence-corrected chi connectivity index (χ0v) is 13.1. The summed E-state index contributed by atoms with van der Waals surface area (Å²) >= 11 is 3.30. The van der Waals surface area contributed by atoms with Gasteiger partial charge in [-0.2, -0.15) is 0 Å². The molecule has 0 unspecified atom stereocenters. The third-order valence-corrected chi connectivity index (χ3v) is 3.87. The van der Waals surface area contributed by atoms with Crippen LogP contribution in [-0.4, -0.2) is 11.5 Å². The van der Waals surface area contributed by atoms with E-state index in [0.717, 1.165) is 24.4 Å². The van der Waals surface area contributed by atoms with E-state index in [1.165, 1.54) is 18.9 Å². The second kappa shape index (κ2) is 8.27. The van der Waals surface area contributed by atoms with Crippen molar-refractivity contribution in [2.75, 3.05) is 6.54 Å². The lowest BCUT2D eigenvalue weighted by atomic mass is 10.1. The Labute approximate surface area is 122 Å². The minimum Gasteiger partial charge on any atom is -0.313 e. The molecule has 0 saturated heterocycles. The monoisotopic (exact) mass is 328 g/mol. The SMILES string of the molecule is CC(C)CCCCNCc1cccc([N+](=O)[O-])c1Br. The Morgan fingerprint density at radius 1 is 1.37 bits per heavy atom. The molecule has 0 aromatic heterocycles. The molecule has 5 heteroatoms. The van der Waals surface area contributed by atoms with Gasteiger partial charge in [0.2, 0.25) is 0 Å². The highest BCUT2D eigenvalue weighted by atomic mass is 79.9. The molecule has 0 aliphatic heterocycles. The largest absolute Gasteiger partial charge is 0.313 e. The molecule has 106 valence electrons. The number of hydrogen-bond donors (Lipinski definition) is 1. The maximum absolute atomic E-state index is 10.8. The topological polar surface area (TPSA) is 55.2 Å². The Bertz CT molecular complexity index is 422. The van der Waals surface area contributed by atoms with Gasteiger partial charge in [-0.1, -0.05) is 38.8 Å². The summed E-state index contributed by atoms with van der Waals surface area (Å²) in [5.41, 5.74) is 1.05. The van der Waals surface area contributed by atoms with Crippen LogP contribution < -0.4 is 5.32 Å². The summed E-state index contributed by atoms with van der Waals surface area (Å²) < 4.78 is 0.578. The van der Waals surface area contributed by atoms with Gasteiger partial charge in [-0.3, -0.25) is 10.1 Å². The standard InChI is InChI=1S/C14H21BrN2O2/c1-11(2)6-3-4-9-16-10-12-7-5-8-13(14(12)15)17(18)19/h5,7-8,11,16H,3-4,6,9-10H2,1-2H3. The molecule has 1 aromatic carbocycles. The minimum absolute atomic E-state index is 0.124. The van der Waals surface area contributed by atoms with E-state index in [2.05, 4.69) is 35.1 Å². The van der Waals surface area contributed by atoms with Crippen LogP contribution in [0, 0.1) is 16.0 Å². The van der Waals surface area contributed by atoms with Crippen LogP contribution in [0.15, 0.2) is 22.7 Å². The van der Waals surface area contributed by atoms with E-state index < -0.39 is 0 Å². The van der Waals surface area contributed by atoms with E-state index in [1.54, 1.807) is 6.07 Å². The predicted octanol–water partition coefficient (Wildman–Crippen LogP) is 4.27. The average molecular weight is 329 g/mol. The van der Waals surface area contributed by atoms with Crippen molar-refractivity contribution < 1.29 is 4.92 Å². The third kappa shape index (κ3) is 5.70. The summed E-state index contributed by atoms with van der Waals surface area (Å²) in [7, 11) is 0. The van der Waals surface area contributed by atoms with Crippen LogP contribution in [0.1, 0.15) is 38.7 Å². The summed E-state index contributed by atoms with van der Waals surface area (Å²) in [5.74, 6) is 0.755. The van der Waals surface area contributed by atoms with Gasteiger partial charge in [0.05, 0.1) is 9.40 Å². The number of nitro groups is 1. The molecule has 1 N–H and O–H groups in total. The van der Waals surface area contributed by atoms with Crippen LogP contribution in [0.3, 0.4) is 0 Å². The molecule has 0 fully saturated rings. The first-order chi connectivity index (χ1) is 9.02. The first kappa shape index (κ1) is 16.1. The van der Waals surface area contributed by atoms with Gasteiger partial charge in [-0.25, -0.2) is 0 Å². The van der Waals surface area contributed by atoms with Crippen molar-refractivity contribution in [2.24, 2.45) is 5.92 Å². The van der Waals surface area contributed by atoms with Gasteiger partial charge in [0.1, 0.15) is 0 Å². The highest BCUT2D eigenvalue weighted by molar-refractivity contribution is 9.10. The van der Waals surface area contributed by atoms with E-state index in [4.69, 9.17) is 0 Å². The van der Waals surface area contributed by atoms with Crippen LogP contribution in [0.25, 0.3) is 0 Å². The Morgan fingerprint density at radius 3 is 2.74 bits per heavy atom. The van der Waals surface area contributed by atoms with Crippen molar-refractivity contribution >= 4 is 21.6 Å². The molecule has 1 rings (SSSR count). The van der Waals surface area contributed by atoms with Crippen molar-refractivity contribution in [1.29, 1.82) is 0 Å². The molecule has 0 saturated carbocycles. The number of nitro benzene ring substituents is 1. The van der Waals surface area contributed by atoms with E-state index in [-0.39, 0.29) is 10.6 Å². The quantitative estimate of drug-likeness (QED) is 0.440. The Kier molecular flexibility index (Phi) is 7.02. The molecule has 0 radical (unpaired) electrons. The van der Waals surface area contributed by atoms with Crippen molar-refractivity contribution in [2.45, 2.75) is 39.7 Å². The fourth-order valence-electron chi connectivity index (χ4n) is 1.87. The summed E-state index contributed by atoms with van der Waals surface area (Å²) in [5, 5.41) is 14.1. The van der Waals surface area contributed by atoms with Crippen molar-refractivity contribution in [3.63, 3.8) is 0 Å². The fourth-order valence-corrected chi connectivity index (χ4v) is 2.42. The summed E-state index contributed by atoms with van der Waals surface area (Å²) in [6.45, 7) is 6.06. The molecule has 1 aromatic rings. The first-order valence-electron chi connectivity index (χ1n) is 6.65. The molecule has 0 spiro atoms. The minimum atomic E-state index is -0.365. The molecule has 0 atom stereocenters. The molecular weight excluding hydrogens is 308 g/mol. The maximum atomic E-state index is 10.8. The lowest BCUT2D eigenvalue weighted by molar-refractivity contribution is -0.385. The molecule has 0 aliphatic rings. The van der Waals surface area contributed by atoms with Crippen molar-refractivity contribution in [3.05, 3.63) is 38.3 Å². The molecule has 0 aliphatic carbocycles. The third-order valence-electron chi connectivity index (χ3n) is 2.96. The highest BCUT2D eigenvalue weighted by Gasteiger charge is 2.14. The normalized spacial score (nSPS) is 10.9. The summed E-state index contributed by atoms with van der Waals surface area (Å²) in [4.78, 5) is 10.4. The predicted molar refractivity (Wildman–Crippen MR) is 81.2 cm³/mol. The number of hydrogen-bond acceptors (Lipinski definition) is 3. The van der Waals surface area contributed by atoms with Gasteiger partial charge >= 0.3 is 0 Å². The second-order valence-corrected chi connectivity index (χ2v) is 5.87.